The third-order valence-electron chi connectivity index (χ3n) is 5.68. The first-order valence-corrected chi connectivity index (χ1v) is 8.67. The second-order valence-corrected chi connectivity index (χ2v) is 6.71. The molecular formula is C19H24N2O2. The van der Waals surface area contributed by atoms with E-state index in [4.69, 9.17) is 0 Å². The summed E-state index contributed by atoms with van der Waals surface area (Å²) in [6, 6.07) is 8.07. The molecule has 1 aromatic heterocycles. The lowest BCUT2D eigenvalue weighted by Crippen LogP contribution is -2.21. The second kappa shape index (κ2) is 5.22. The first kappa shape index (κ1) is 14.5. The summed E-state index contributed by atoms with van der Waals surface area (Å²) in [5.41, 5.74) is 3.97. The fraction of sp³-hybridized carbons (Fsp3) is 0.474. The van der Waals surface area contributed by atoms with Crippen molar-refractivity contribution in [3.05, 3.63) is 35.4 Å². The number of hydrogen-bond donors (Lipinski definition) is 2. The summed E-state index contributed by atoms with van der Waals surface area (Å²) in [5, 5.41) is 21.3. The molecule has 2 unspecified atom stereocenters. The van der Waals surface area contributed by atoms with Gasteiger partial charge in [0, 0.05) is 29.9 Å². The Bertz CT molecular complexity index is 695. The largest absolute Gasteiger partial charge is 0.494 e. The fourth-order valence-corrected chi connectivity index (χ4v) is 4.54. The molecule has 4 rings (SSSR count). The highest BCUT2D eigenvalue weighted by molar-refractivity contribution is 5.60. The lowest BCUT2D eigenvalue weighted by Gasteiger charge is -2.21. The van der Waals surface area contributed by atoms with Gasteiger partial charge < -0.3 is 15.1 Å². The molecule has 23 heavy (non-hydrogen) atoms. The molecule has 2 aliphatic rings. The summed E-state index contributed by atoms with van der Waals surface area (Å²) in [6.07, 6.45) is 3.36. The molecule has 1 heterocycles. The van der Waals surface area contributed by atoms with E-state index in [2.05, 4.69) is 30.9 Å². The van der Waals surface area contributed by atoms with E-state index in [0.29, 0.717) is 11.8 Å². The summed E-state index contributed by atoms with van der Waals surface area (Å²) >= 11 is 0. The molecule has 2 N–H and O–H groups in total. The number of anilines is 1. The van der Waals surface area contributed by atoms with Crippen LogP contribution in [-0.4, -0.2) is 27.9 Å². The molecule has 2 aromatic rings. The maximum Gasteiger partial charge on any atom is 0.202 e. The Morgan fingerprint density at radius 1 is 0.957 bits per heavy atom. The van der Waals surface area contributed by atoms with Crippen molar-refractivity contribution < 1.29 is 10.2 Å². The van der Waals surface area contributed by atoms with Crippen LogP contribution in [0.5, 0.6) is 11.8 Å². The van der Waals surface area contributed by atoms with Crippen molar-refractivity contribution in [2.24, 2.45) is 0 Å². The van der Waals surface area contributed by atoms with E-state index >= 15 is 0 Å². The summed E-state index contributed by atoms with van der Waals surface area (Å²) in [5.74, 6) is 1.33. The minimum absolute atomic E-state index is 0.236. The number of aromatic nitrogens is 1. The highest BCUT2D eigenvalue weighted by Crippen LogP contribution is 2.60. The van der Waals surface area contributed by atoms with E-state index in [9.17, 15) is 10.2 Å². The Labute approximate surface area is 137 Å². The number of nitrogens with zero attached hydrogens (tertiary/aromatic N) is 2. The van der Waals surface area contributed by atoms with Gasteiger partial charge in [0.1, 0.15) is 0 Å². The fourth-order valence-electron chi connectivity index (χ4n) is 4.54. The van der Waals surface area contributed by atoms with Crippen molar-refractivity contribution in [1.82, 2.24) is 4.57 Å². The summed E-state index contributed by atoms with van der Waals surface area (Å²) in [7, 11) is 0. The summed E-state index contributed by atoms with van der Waals surface area (Å²) in [4.78, 5) is 2.28. The average Bonchev–Trinajstić information content (AvgIpc) is 3.24. The zero-order valence-electron chi connectivity index (χ0n) is 13.8. The molecule has 4 nitrogen and oxygen atoms in total. The van der Waals surface area contributed by atoms with Gasteiger partial charge in [-0.15, -0.1) is 0 Å². The van der Waals surface area contributed by atoms with Crippen LogP contribution >= 0.6 is 0 Å². The first-order valence-electron chi connectivity index (χ1n) is 8.67. The van der Waals surface area contributed by atoms with Crippen LogP contribution in [0.3, 0.4) is 0 Å². The van der Waals surface area contributed by atoms with Gasteiger partial charge in [-0.1, -0.05) is 0 Å². The molecule has 2 aliphatic carbocycles. The maximum absolute atomic E-state index is 10.7. The second-order valence-electron chi connectivity index (χ2n) is 6.71. The van der Waals surface area contributed by atoms with Gasteiger partial charge in [0.2, 0.25) is 11.8 Å². The predicted molar refractivity (Wildman–Crippen MR) is 92.0 cm³/mol. The summed E-state index contributed by atoms with van der Waals surface area (Å²) < 4.78 is 1.61. The van der Waals surface area contributed by atoms with Gasteiger partial charge >= 0.3 is 0 Å². The van der Waals surface area contributed by atoms with E-state index in [1.165, 1.54) is 0 Å². The molecule has 0 spiro atoms. The molecule has 2 atom stereocenters. The maximum atomic E-state index is 10.7. The Balaban J connectivity index is 1.75. The predicted octanol–water partition coefficient (Wildman–Crippen LogP) is 4.10. The Hall–Kier alpha value is -2.10. The number of hydrogen-bond acceptors (Lipinski definition) is 3. The van der Waals surface area contributed by atoms with Crippen molar-refractivity contribution in [3.63, 3.8) is 0 Å². The van der Waals surface area contributed by atoms with Gasteiger partial charge in [0.25, 0.3) is 0 Å². The zero-order chi connectivity index (χ0) is 16.1. The topological polar surface area (TPSA) is 48.6 Å². The quantitative estimate of drug-likeness (QED) is 0.893. The molecule has 1 fully saturated rings. The number of fused-ring (bicyclic) bond motifs is 5. The van der Waals surface area contributed by atoms with Gasteiger partial charge in [-0.05, 0) is 69.2 Å². The zero-order valence-corrected chi connectivity index (χ0v) is 13.8. The van der Waals surface area contributed by atoms with E-state index in [1.807, 2.05) is 12.1 Å². The van der Waals surface area contributed by atoms with Crippen LogP contribution in [0.25, 0.3) is 5.69 Å². The SMILES string of the molecule is CCN(CC)c1ccc(-n2c(O)c3c(c2O)C2CCC3C2)cc1. The third kappa shape index (κ3) is 1.97. The molecular weight excluding hydrogens is 288 g/mol. The Kier molecular flexibility index (Phi) is 3.29. The van der Waals surface area contributed by atoms with Crippen LogP contribution in [0, 0.1) is 0 Å². The first-order chi connectivity index (χ1) is 11.2. The minimum Gasteiger partial charge on any atom is -0.494 e. The summed E-state index contributed by atoms with van der Waals surface area (Å²) in [6.45, 7) is 6.21. The van der Waals surface area contributed by atoms with Crippen LogP contribution in [0.15, 0.2) is 24.3 Å². The van der Waals surface area contributed by atoms with Gasteiger partial charge in [0.05, 0.1) is 5.69 Å². The van der Waals surface area contributed by atoms with Crippen molar-refractivity contribution in [1.29, 1.82) is 0 Å². The molecule has 0 saturated heterocycles. The van der Waals surface area contributed by atoms with Crippen molar-refractivity contribution in [2.45, 2.75) is 44.9 Å². The Morgan fingerprint density at radius 2 is 1.48 bits per heavy atom. The van der Waals surface area contributed by atoms with Crippen LogP contribution in [0.4, 0.5) is 5.69 Å². The van der Waals surface area contributed by atoms with Crippen LogP contribution in [0.1, 0.15) is 56.1 Å². The molecule has 2 bridgehead atoms. The molecule has 122 valence electrons. The van der Waals surface area contributed by atoms with Crippen LogP contribution < -0.4 is 4.90 Å². The van der Waals surface area contributed by atoms with Gasteiger partial charge in [0.15, 0.2) is 0 Å². The van der Waals surface area contributed by atoms with Gasteiger partial charge in [-0.2, -0.15) is 0 Å². The van der Waals surface area contributed by atoms with Crippen LogP contribution in [0.2, 0.25) is 0 Å². The molecule has 0 amide bonds. The minimum atomic E-state index is 0.236. The van der Waals surface area contributed by atoms with E-state index in [1.54, 1.807) is 4.57 Å². The Morgan fingerprint density at radius 3 is 1.96 bits per heavy atom. The monoisotopic (exact) mass is 312 g/mol. The smallest absolute Gasteiger partial charge is 0.202 e. The lowest BCUT2D eigenvalue weighted by atomic mass is 9.95. The number of rotatable bonds is 4. The van der Waals surface area contributed by atoms with Crippen molar-refractivity contribution >= 4 is 5.69 Å². The van der Waals surface area contributed by atoms with Crippen LogP contribution in [-0.2, 0) is 0 Å². The molecule has 4 heteroatoms. The number of benzene rings is 1. The standard InChI is InChI=1S/C19H24N2O2/c1-3-20(4-2)14-7-9-15(10-8-14)21-18(22)16-12-5-6-13(11-12)17(16)19(21)23/h7-10,12-13,22-23H,3-6,11H2,1-2H3. The average molecular weight is 312 g/mol. The van der Waals surface area contributed by atoms with Gasteiger partial charge in [-0.25, -0.2) is 0 Å². The van der Waals surface area contributed by atoms with E-state index in [0.717, 1.165) is 54.9 Å². The molecule has 0 radical (unpaired) electrons. The molecule has 1 saturated carbocycles. The normalized spacial score (nSPS) is 21.7. The van der Waals surface area contributed by atoms with E-state index in [-0.39, 0.29) is 11.8 Å². The third-order valence-corrected chi connectivity index (χ3v) is 5.68. The van der Waals surface area contributed by atoms with Crippen molar-refractivity contribution in [3.8, 4) is 17.4 Å². The highest BCUT2D eigenvalue weighted by Gasteiger charge is 2.44. The number of aromatic hydroxyl groups is 2. The lowest BCUT2D eigenvalue weighted by molar-refractivity contribution is 0.394. The molecule has 1 aromatic carbocycles. The highest BCUT2D eigenvalue weighted by atomic mass is 16.3. The molecule has 0 aliphatic heterocycles. The van der Waals surface area contributed by atoms with E-state index < -0.39 is 0 Å². The van der Waals surface area contributed by atoms with Crippen molar-refractivity contribution in [2.75, 3.05) is 18.0 Å². The van der Waals surface area contributed by atoms with Gasteiger partial charge in [-0.3, -0.25) is 4.57 Å².